The molecule has 0 radical (unpaired) electrons. The summed E-state index contributed by atoms with van der Waals surface area (Å²) in [5.41, 5.74) is 0. The van der Waals surface area contributed by atoms with Gasteiger partial charge in [0, 0.05) is 19.4 Å². The maximum atomic E-state index is 12.0. The maximum Gasteiger partial charge on any atom is 0.258 e. The van der Waals surface area contributed by atoms with Gasteiger partial charge in [0.2, 0.25) is 0 Å². The molecule has 1 spiro atoms. The van der Waals surface area contributed by atoms with Gasteiger partial charge in [-0.2, -0.15) is 0 Å². The normalized spacial score (nSPS) is 21.7. The molecule has 25 heavy (non-hydrogen) atoms. The van der Waals surface area contributed by atoms with Gasteiger partial charge in [0.25, 0.3) is 5.91 Å². The van der Waals surface area contributed by atoms with Gasteiger partial charge in [-0.3, -0.25) is 4.79 Å². The van der Waals surface area contributed by atoms with Gasteiger partial charge in [-0.25, -0.2) is 0 Å². The highest BCUT2D eigenvalue weighted by Gasteiger charge is 2.43. The molecular weight excluding hydrogens is 318 g/mol. The summed E-state index contributed by atoms with van der Waals surface area (Å²) in [7, 11) is 0. The minimum absolute atomic E-state index is 0.00292. The fourth-order valence-electron chi connectivity index (χ4n) is 3.58. The van der Waals surface area contributed by atoms with Gasteiger partial charge in [-0.15, -0.1) is 0 Å². The van der Waals surface area contributed by atoms with Crippen molar-refractivity contribution in [2.24, 2.45) is 0 Å². The second-order valence-electron chi connectivity index (χ2n) is 6.77. The number of carbonyl (C=O) groups is 1. The van der Waals surface area contributed by atoms with Gasteiger partial charge in [0.1, 0.15) is 11.9 Å². The third-order valence-electron chi connectivity index (χ3n) is 4.90. The molecule has 5 nitrogen and oxygen atoms in total. The Labute approximate surface area is 147 Å². The van der Waals surface area contributed by atoms with E-state index in [1.807, 2.05) is 42.5 Å². The lowest BCUT2D eigenvalue weighted by Gasteiger charge is -2.21. The molecule has 2 aromatic rings. The molecule has 1 aliphatic carbocycles. The lowest BCUT2D eigenvalue weighted by molar-refractivity contribution is -0.161. The molecule has 1 N–H and O–H groups in total. The van der Waals surface area contributed by atoms with E-state index in [0.717, 1.165) is 36.5 Å². The Morgan fingerprint density at radius 2 is 1.96 bits per heavy atom. The van der Waals surface area contributed by atoms with Crippen molar-refractivity contribution in [1.29, 1.82) is 0 Å². The molecule has 132 valence electrons. The average Bonchev–Trinajstić information content (AvgIpc) is 3.28. The number of hydrogen-bond donors (Lipinski definition) is 1. The van der Waals surface area contributed by atoms with Crippen molar-refractivity contribution >= 4 is 16.7 Å². The number of amides is 1. The molecule has 1 atom stereocenters. The van der Waals surface area contributed by atoms with E-state index in [-0.39, 0.29) is 24.4 Å². The van der Waals surface area contributed by atoms with Crippen molar-refractivity contribution in [2.75, 3.05) is 19.8 Å². The molecule has 1 aliphatic heterocycles. The summed E-state index contributed by atoms with van der Waals surface area (Å²) >= 11 is 0. The van der Waals surface area contributed by atoms with Crippen molar-refractivity contribution in [3.05, 3.63) is 42.5 Å². The lowest BCUT2D eigenvalue weighted by Crippen LogP contribution is -2.37. The van der Waals surface area contributed by atoms with Crippen LogP contribution in [0.15, 0.2) is 42.5 Å². The first-order valence-corrected chi connectivity index (χ1v) is 8.93. The van der Waals surface area contributed by atoms with E-state index < -0.39 is 0 Å². The molecule has 0 unspecified atom stereocenters. The standard InChI is InChI=1S/C20H23NO4/c22-19(21-12-18-13-24-20(25-18)9-3-4-10-20)14-23-17-8-7-15-5-1-2-6-16(15)11-17/h1-2,5-8,11,18H,3-4,9-10,12-14H2,(H,21,22)/t18-/m0/s1. The Kier molecular flexibility index (Phi) is 4.59. The third-order valence-corrected chi connectivity index (χ3v) is 4.90. The number of fused-ring (bicyclic) bond motifs is 1. The molecule has 2 fully saturated rings. The summed E-state index contributed by atoms with van der Waals surface area (Å²) in [5.74, 6) is 0.167. The molecular formula is C20H23NO4. The monoisotopic (exact) mass is 341 g/mol. The van der Waals surface area contributed by atoms with Crippen LogP contribution in [0.2, 0.25) is 0 Å². The minimum atomic E-state index is -0.378. The first-order chi connectivity index (χ1) is 12.2. The fraction of sp³-hybridized carbons (Fsp3) is 0.450. The first kappa shape index (κ1) is 16.4. The van der Waals surface area contributed by atoms with Crippen LogP contribution in [0.5, 0.6) is 5.75 Å². The topological polar surface area (TPSA) is 56.8 Å². The van der Waals surface area contributed by atoms with Crippen molar-refractivity contribution in [1.82, 2.24) is 5.32 Å². The van der Waals surface area contributed by atoms with Crippen LogP contribution in [0.3, 0.4) is 0 Å². The SMILES string of the molecule is O=C(COc1ccc2ccccc2c1)NC[C@H]1COC2(CCCC2)O1. The van der Waals surface area contributed by atoms with E-state index in [2.05, 4.69) is 5.32 Å². The molecule has 0 bridgehead atoms. The second kappa shape index (κ2) is 7.02. The Hall–Kier alpha value is -2.11. The molecule has 4 rings (SSSR count). The molecule has 2 aromatic carbocycles. The lowest BCUT2D eigenvalue weighted by atomic mass is 10.1. The van der Waals surface area contributed by atoms with E-state index in [0.29, 0.717) is 18.9 Å². The fourth-order valence-corrected chi connectivity index (χ4v) is 3.58. The van der Waals surface area contributed by atoms with Crippen molar-refractivity contribution in [3.63, 3.8) is 0 Å². The molecule has 1 heterocycles. The minimum Gasteiger partial charge on any atom is -0.484 e. The Bertz CT molecular complexity index is 754. The number of nitrogens with one attached hydrogen (secondary N) is 1. The summed E-state index contributed by atoms with van der Waals surface area (Å²) < 4.78 is 17.4. The van der Waals surface area contributed by atoms with Gasteiger partial charge >= 0.3 is 0 Å². The van der Waals surface area contributed by atoms with Crippen LogP contribution in [0.1, 0.15) is 25.7 Å². The van der Waals surface area contributed by atoms with Crippen LogP contribution in [0.4, 0.5) is 0 Å². The first-order valence-electron chi connectivity index (χ1n) is 8.93. The molecule has 2 aliphatic rings. The van der Waals surface area contributed by atoms with E-state index in [1.54, 1.807) is 0 Å². The molecule has 5 heteroatoms. The van der Waals surface area contributed by atoms with Gasteiger partial charge in [-0.05, 0) is 35.7 Å². The highest BCUT2D eigenvalue weighted by Crippen LogP contribution is 2.38. The summed E-state index contributed by atoms with van der Waals surface area (Å²) in [4.78, 5) is 12.0. The number of rotatable bonds is 5. The van der Waals surface area contributed by atoms with E-state index in [4.69, 9.17) is 14.2 Å². The third kappa shape index (κ3) is 3.78. The highest BCUT2D eigenvalue weighted by atomic mass is 16.7. The Balaban J connectivity index is 1.23. The predicted molar refractivity (Wildman–Crippen MR) is 94.5 cm³/mol. The van der Waals surface area contributed by atoms with E-state index >= 15 is 0 Å². The zero-order valence-electron chi connectivity index (χ0n) is 14.2. The van der Waals surface area contributed by atoms with Crippen LogP contribution in [0, 0.1) is 0 Å². The maximum absolute atomic E-state index is 12.0. The van der Waals surface area contributed by atoms with E-state index in [9.17, 15) is 4.79 Å². The number of ether oxygens (including phenoxy) is 3. The molecule has 1 amide bonds. The van der Waals surface area contributed by atoms with Crippen LogP contribution >= 0.6 is 0 Å². The average molecular weight is 341 g/mol. The Morgan fingerprint density at radius 1 is 1.16 bits per heavy atom. The van der Waals surface area contributed by atoms with Crippen molar-refractivity contribution in [2.45, 2.75) is 37.6 Å². The summed E-state index contributed by atoms with van der Waals surface area (Å²) in [6.45, 7) is 1.00. The molecule has 0 aromatic heterocycles. The van der Waals surface area contributed by atoms with Gasteiger partial charge < -0.3 is 19.5 Å². The van der Waals surface area contributed by atoms with Gasteiger partial charge in [0.05, 0.1) is 6.61 Å². The second-order valence-corrected chi connectivity index (χ2v) is 6.77. The highest BCUT2D eigenvalue weighted by molar-refractivity contribution is 5.84. The summed E-state index contributed by atoms with van der Waals surface area (Å²) in [5, 5.41) is 5.12. The van der Waals surface area contributed by atoms with Crippen LogP contribution < -0.4 is 10.1 Å². The van der Waals surface area contributed by atoms with E-state index in [1.165, 1.54) is 0 Å². The van der Waals surface area contributed by atoms with Crippen molar-refractivity contribution < 1.29 is 19.0 Å². The zero-order chi connectivity index (χ0) is 17.1. The molecule has 1 saturated carbocycles. The zero-order valence-corrected chi connectivity index (χ0v) is 14.2. The quantitative estimate of drug-likeness (QED) is 0.908. The largest absolute Gasteiger partial charge is 0.484 e. The van der Waals surface area contributed by atoms with Gasteiger partial charge in [0.15, 0.2) is 12.4 Å². The van der Waals surface area contributed by atoms with Gasteiger partial charge in [-0.1, -0.05) is 30.3 Å². The Morgan fingerprint density at radius 3 is 2.80 bits per heavy atom. The summed E-state index contributed by atoms with van der Waals surface area (Å²) in [6, 6.07) is 13.9. The summed E-state index contributed by atoms with van der Waals surface area (Å²) in [6.07, 6.45) is 4.16. The van der Waals surface area contributed by atoms with Crippen LogP contribution in [-0.2, 0) is 14.3 Å². The number of benzene rings is 2. The predicted octanol–water partition coefficient (Wildman–Crippen LogP) is 3.02. The molecule has 1 saturated heterocycles. The van der Waals surface area contributed by atoms with Crippen LogP contribution in [0.25, 0.3) is 10.8 Å². The number of carbonyl (C=O) groups excluding carboxylic acids is 1. The van der Waals surface area contributed by atoms with Crippen molar-refractivity contribution in [3.8, 4) is 5.75 Å². The number of hydrogen-bond acceptors (Lipinski definition) is 4. The smallest absolute Gasteiger partial charge is 0.258 e. The van der Waals surface area contributed by atoms with Crippen LogP contribution in [-0.4, -0.2) is 37.6 Å².